The molecular weight excluding hydrogens is 188 g/mol. The number of pyridine rings is 1. The third kappa shape index (κ3) is 1.91. The van der Waals surface area contributed by atoms with Gasteiger partial charge in [-0.05, 0) is 18.2 Å². The second-order valence-corrected chi connectivity index (χ2v) is 3.17. The molecule has 0 aliphatic carbocycles. The lowest BCUT2D eigenvalue weighted by atomic mass is 10.1. The molecule has 2 aromatic rings. The molecule has 76 valence electrons. The zero-order valence-electron chi connectivity index (χ0n) is 8.47. The SMILES string of the molecule is COc1ccc(-c2ccccc2N)nc1. The van der Waals surface area contributed by atoms with Crippen LogP contribution in [0.15, 0.2) is 42.6 Å². The van der Waals surface area contributed by atoms with Crippen LogP contribution in [0.25, 0.3) is 11.3 Å². The van der Waals surface area contributed by atoms with E-state index in [1.165, 1.54) is 0 Å². The van der Waals surface area contributed by atoms with Crippen LogP contribution in [0.3, 0.4) is 0 Å². The summed E-state index contributed by atoms with van der Waals surface area (Å²) in [5, 5.41) is 0. The molecule has 0 fully saturated rings. The second-order valence-electron chi connectivity index (χ2n) is 3.17. The zero-order valence-corrected chi connectivity index (χ0v) is 8.47. The highest BCUT2D eigenvalue weighted by atomic mass is 16.5. The number of methoxy groups -OCH3 is 1. The van der Waals surface area contributed by atoms with Crippen LogP contribution in [0.1, 0.15) is 0 Å². The molecule has 1 heterocycles. The van der Waals surface area contributed by atoms with Crippen molar-refractivity contribution in [1.82, 2.24) is 4.98 Å². The quantitative estimate of drug-likeness (QED) is 0.757. The van der Waals surface area contributed by atoms with Crippen molar-refractivity contribution in [2.45, 2.75) is 0 Å². The molecule has 0 aliphatic rings. The van der Waals surface area contributed by atoms with Crippen LogP contribution in [-0.2, 0) is 0 Å². The van der Waals surface area contributed by atoms with Crippen molar-refractivity contribution in [3.63, 3.8) is 0 Å². The Labute approximate surface area is 88.5 Å². The number of nitrogens with zero attached hydrogens (tertiary/aromatic N) is 1. The topological polar surface area (TPSA) is 48.1 Å². The van der Waals surface area contributed by atoms with Gasteiger partial charge in [0.1, 0.15) is 5.75 Å². The summed E-state index contributed by atoms with van der Waals surface area (Å²) in [6.45, 7) is 0. The third-order valence-corrected chi connectivity index (χ3v) is 2.21. The summed E-state index contributed by atoms with van der Waals surface area (Å²) in [5.74, 6) is 0.744. The Kier molecular flexibility index (Phi) is 2.54. The molecule has 0 saturated carbocycles. The fraction of sp³-hybridized carbons (Fsp3) is 0.0833. The Morgan fingerprint density at radius 1 is 1.13 bits per heavy atom. The van der Waals surface area contributed by atoms with Crippen molar-refractivity contribution in [3.8, 4) is 17.0 Å². The fourth-order valence-corrected chi connectivity index (χ4v) is 1.39. The summed E-state index contributed by atoms with van der Waals surface area (Å²) in [4.78, 5) is 4.28. The van der Waals surface area contributed by atoms with E-state index in [4.69, 9.17) is 10.5 Å². The molecule has 15 heavy (non-hydrogen) atoms. The first-order valence-electron chi connectivity index (χ1n) is 4.66. The summed E-state index contributed by atoms with van der Waals surface area (Å²) in [5.41, 5.74) is 8.38. The molecule has 0 radical (unpaired) electrons. The van der Waals surface area contributed by atoms with E-state index in [-0.39, 0.29) is 0 Å². The lowest BCUT2D eigenvalue weighted by Gasteiger charge is -2.05. The lowest BCUT2D eigenvalue weighted by Crippen LogP contribution is -1.91. The van der Waals surface area contributed by atoms with Crippen molar-refractivity contribution < 1.29 is 4.74 Å². The van der Waals surface area contributed by atoms with Gasteiger partial charge in [0, 0.05) is 11.3 Å². The van der Waals surface area contributed by atoms with Crippen LogP contribution in [-0.4, -0.2) is 12.1 Å². The number of hydrogen-bond acceptors (Lipinski definition) is 3. The van der Waals surface area contributed by atoms with E-state index in [9.17, 15) is 0 Å². The monoisotopic (exact) mass is 200 g/mol. The van der Waals surface area contributed by atoms with Crippen molar-refractivity contribution in [1.29, 1.82) is 0 Å². The van der Waals surface area contributed by atoms with Crippen molar-refractivity contribution >= 4 is 5.69 Å². The normalized spacial score (nSPS) is 9.93. The van der Waals surface area contributed by atoms with Crippen LogP contribution < -0.4 is 10.5 Å². The number of nitrogens with two attached hydrogens (primary N) is 1. The summed E-state index contributed by atoms with van der Waals surface area (Å²) in [6, 6.07) is 11.4. The van der Waals surface area contributed by atoms with Gasteiger partial charge >= 0.3 is 0 Å². The van der Waals surface area contributed by atoms with Gasteiger partial charge in [-0.15, -0.1) is 0 Å². The standard InChI is InChI=1S/C12H12N2O/c1-15-9-6-7-12(14-8-9)10-4-2-3-5-11(10)13/h2-8H,13H2,1H3. The van der Waals surface area contributed by atoms with Gasteiger partial charge in [-0.2, -0.15) is 0 Å². The van der Waals surface area contributed by atoms with Gasteiger partial charge < -0.3 is 10.5 Å². The summed E-state index contributed by atoms with van der Waals surface area (Å²) in [7, 11) is 1.62. The number of aromatic nitrogens is 1. The van der Waals surface area contributed by atoms with E-state index in [0.717, 1.165) is 22.7 Å². The van der Waals surface area contributed by atoms with Crippen molar-refractivity contribution in [2.24, 2.45) is 0 Å². The van der Waals surface area contributed by atoms with E-state index in [1.807, 2.05) is 36.4 Å². The van der Waals surface area contributed by atoms with Crippen molar-refractivity contribution in [2.75, 3.05) is 12.8 Å². The average Bonchev–Trinajstić information content (AvgIpc) is 2.30. The molecule has 0 unspecified atom stereocenters. The zero-order chi connectivity index (χ0) is 10.7. The Hall–Kier alpha value is -2.03. The van der Waals surface area contributed by atoms with Gasteiger partial charge in [0.2, 0.25) is 0 Å². The first kappa shape index (κ1) is 9.52. The summed E-state index contributed by atoms with van der Waals surface area (Å²) < 4.78 is 5.04. The number of hydrogen-bond donors (Lipinski definition) is 1. The Balaban J connectivity index is 2.42. The summed E-state index contributed by atoms with van der Waals surface area (Å²) in [6.07, 6.45) is 1.68. The molecule has 0 bridgehead atoms. The molecule has 3 nitrogen and oxygen atoms in total. The third-order valence-electron chi connectivity index (χ3n) is 2.21. The minimum Gasteiger partial charge on any atom is -0.495 e. The predicted octanol–water partition coefficient (Wildman–Crippen LogP) is 2.34. The van der Waals surface area contributed by atoms with Gasteiger partial charge in [0.25, 0.3) is 0 Å². The fourth-order valence-electron chi connectivity index (χ4n) is 1.39. The predicted molar refractivity (Wildman–Crippen MR) is 60.6 cm³/mol. The van der Waals surface area contributed by atoms with Crippen LogP contribution in [0.2, 0.25) is 0 Å². The molecule has 3 heteroatoms. The van der Waals surface area contributed by atoms with Gasteiger partial charge in [-0.1, -0.05) is 18.2 Å². The average molecular weight is 200 g/mol. The smallest absolute Gasteiger partial charge is 0.137 e. The lowest BCUT2D eigenvalue weighted by molar-refractivity contribution is 0.413. The first-order chi connectivity index (χ1) is 7.31. The molecule has 0 saturated heterocycles. The van der Waals surface area contributed by atoms with Crippen LogP contribution in [0, 0.1) is 0 Å². The Bertz CT molecular complexity index is 451. The molecule has 2 N–H and O–H groups in total. The van der Waals surface area contributed by atoms with Crippen LogP contribution in [0.4, 0.5) is 5.69 Å². The molecule has 2 rings (SSSR count). The first-order valence-corrected chi connectivity index (χ1v) is 4.66. The largest absolute Gasteiger partial charge is 0.495 e. The minimum absolute atomic E-state index is 0.732. The van der Waals surface area contributed by atoms with Gasteiger partial charge in [-0.25, -0.2) is 0 Å². The van der Waals surface area contributed by atoms with Crippen LogP contribution >= 0.6 is 0 Å². The van der Waals surface area contributed by atoms with Gasteiger partial charge in [-0.3, -0.25) is 4.98 Å². The molecular formula is C12H12N2O. The Morgan fingerprint density at radius 2 is 1.93 bits per heavy atom. The number of para-hydroxylation sites is 1. The maximum Gasteiger partial charge on any atom is 0.137 e. The second kappa shape index (κ2) is 4.00. The molecule has 0 spiro atoms. The number of nitrogen functional groups attached to an aromatic ring is 1. The Morgan fingerprint density at radius 3 is 2.53 bits per heavy atom. The highest BCUT2D eigenvalue weighted by Gasteiger charge is 2.02. The number of ether oxygens (including phenoxy) is 1. The molecule has 1 aromatic carbocycles. The van der Waals surface area contributed by atoms with Gasteiger partial charge in [0.15, 0.2) is 0 Å². The highest BCUT2D eigenvalue weighted by Crippen LogP contribution is 2.24. The maximum atomic E-state index is 5.85. The summed E-state index contributed by atoms with van der Waals surface area (Å²) >= 11 is 0. The van der Waals surface area contributed by atoms with Crippen molar-refractivity contribution in [3.05, 3.63) is 42.6 Å². The van der Waals surface area contributed by atoms with Crippen LogP contribution in [0.5, 0.6) is 5.75 Å². The van der Waals surface area contributed by atoms with E-state index >= 15 is 0 Å². The van der Waals surface area contributed by atoms with E-state index in [1.54, 1.807) is 13.3 Å². The molecule has 1 aromatic heterocycles. The van der Waals surface area contributed by atoms with E-state index in [2.05, 4.69) is 4.98 Å². The van der Waals surface area contributed by atoms with E-state index < -0.39 is 0 Å². The van der Waals surface area contributed by atoms with Gasteiger partial charge in [0.05, 0.1) is 19.0 Å². The number of anilines is 1. The molecule has 0 aliphatic heterocycles. The molecule has 0 atom stereocenters. The minimum atomic E-state index is 0.732. The number of rotatable bonds is 2. The number of benzene rings is 1. The molecule has 0 amide bonds. The maximum absolute atomic E-state index is 5.85. The highest BCUT2D eigenvalue weighted by molar-refractivity contribution is 5.73. The van der Waals surface area contributed by atoms with E-state index in [0.29, 0.717) is 0 Å².